The molecule has 1 aromatic carbocycles. The summed E-state index contributed by atoms with van der Waals surface area (Å²) in [6.45, 7) is 5.45. The Kier molecular flexibility index (Phi) is 4.30. The Bertz CT molecular complexity index is 468. The second-order valence-electron chi connectivity index (χ2n) is 5.09. The quantitative estimate of drug-likeness (QED) is 0.913. The van der Waals surface area contributed by atoms with E-state index < -0.39 is 0 Å². The molecular weight excluding hydrogens is 245 g/mol. The molecule has 2 rings (SSSR count). The third-order valence-electron chi connectivity index (χ3n) is 3.97. The highest BCUT2D eigenvalue weighted by molar-refractivity contribution is 5.57. The van der Waals surface area contributed by atoms with Gasteiger partial charge in [0.15, 0.2) is 11.5 Å². The van der Waals surface area contributed by atoms with Crippen LogP contribution in [-0.4, -0.2) is 27.3 Å². The lowest BCUT2D eigenvalue weighted by molar-refractivity contribution is 0.338. The Morgan fingerprint density at radius 1 is 1.11 bits per heavy atom. The molecule has 0 amide bonds. The standard InChI is InChI=1S/C15H22FNO2/c1-9-12(11-6-5-7-17-8-11)15(19-4)14(18-3)10(2)13(9)16/h11,17H,5-8H2,1-4H3. The van der Waals surface area contributed by atoms with Gasteiger partial charge in [0, 0.05) is 23.6 Å². The van der Waals surface area contributed by atoms with Gasteiger partial charge in [-0.3, -0.25) is 0 Å². The number of halogens is 1. The molecule has 0 bridgehead atoms. The highest BCUT2D eigenvalue weighted by Gasteiger charge is 2.27. The summed E-state index contributed by atoms with van der Waals surface area (Å²) in [5.41, 5.74) is 2.16. The van der Waals surface area contributed by atoms with Crippen molar-refractivity contribution in [2.45, 2.75) is 32.6 Å². The van der Waals surface area contributed by atoms with E-state index >= 15 is 0 Å². The van der Waals surface area contributed by atoms with Gasteiger partial charge in [0.2, 0.25) is 0 Å². The van der Waals surface area contributed by atoms with Gasteiger partial charge in [0.05, 0.1) is 14.2 Å². The van der Waals surface area contributed by atoms with Crippen molar-refractivity contribution in [1.82, 2.24) is 5.32 Å². The normalized spacial score (nSPS) is 19.3. The maximum Gasteiger partial charge on any atom is 0.166 e. The molecule has 0 spiro atoms. The molecule has 19 heavy (non-hydrogen) atoms. The molecule has 1 saturated heterocycles. The van der Waals surface area contributed by atoms with Gasteiger partial charge in [-0.25, -0.2) is 4.39 Å². The number of nitrogens with one attached hydrogen (secondary N) is 1. The summed E-state index contributed by atoms with van der Waals surface area (Å²) in [6, 6.07) is 0. The third-order valence-corrected chi connectivity index (χ3v) is 3.97. The Morgan fingerprint density at radius 2 is 1.79 bits per heavy atom. The second kappa shape index (κ2) is 5.78. The molecule has 1 atom stereocenters. The Labute approximate surface area is 114 Å². The van der Waals surface area contributed by atoms with Crippen LogP contribution in [0.15, 0.2) is 0 Å². The molecule has 0 radical (unpaired) electrons. The zero-order valence-corrected chi connectivity index (χ0v) is 12.1. The van der Waals surface area contributed by atoms with Gasteiger partial charge in [-0.15, -0.1) is 0 Å². The zero-order chi connectivity index (χ0) is 14.0. The first-order chi connectivity index (χ1) is 9.11. The average Bonchev–Trinajstić information content (AvgIpc) is 2.45. The van der Waals surface area contributed by atoms with Gasteiger partial charge in [0.25, 0.3) is 0 Å². The van der Waals surface area contributed by atoms with E-state index in [-0.39, 0.29) is 11.7 Å². The fourth-order valence-electron chi connectivity index (χ4n) is 3.00. The molecule has 3 nitrogen and oxygen atoms in total. The molecule has 1 aliphatic heterocycles. The van der Waals surface area contributed by atoms with Gasteiger partial charge >= 0.3 is 0 Å². The lowest BCUT2D eigenvalue weighted by Crippen LogP contribution is -2.29. The fraction of sp³-hybridized carbons (Fsp3) is 0.600. The Balaban J connectivity index is 2.59. The molecule has 0 aromatic heterocycles. The van der Waals surface area contributed by atoms with Crippen LogP contribution in [-0.2, 0) is 0 Å². The Morgan fingerprint density at radius 3 is 2.32 bits per heavy atom. The SMILES string of the molecule is COc1c(C)c(F)c(C)c(C2CCCNC2)c1OC. The average molecular weight is 267 g/mol. The van der Waals surface area contributed by atoms with Crippen molar-refractivity contribution in [3.63, 3.8) is 0 Å². The van der Waals surface area contributed by atoms with Gasteiger partial charge in [-0.1, -0.05) is 0 Å². The van der Waals surface area contributed by atoms with Crippen molar-refractivity contribution >= 4 is 0 Å². The van der Waals surface area contributed by atoms with Gasteiger partial charge in [0.1, 0.15) is 5.82 Å². The van der Waals surface area contributed by atoms with Crippen molar-refractivity contribution in [2.75, 3.05) is 27.3 Å². The van der Waals surface area contributed by atoms with Gasteiger partial charge in [-0.2, -0.15) is 0 Å². The van der Waals surface area contributed by atoms with Crippen molar-refractivity contribution in [3.05, 3.63) is 22.5 Å². The van der Waals surface area contributed by atoms with Crippen molar-refractivity contribution in [2.24, 2.45) is 0 Å². The van der Waals surface area contributed by atoms with Crippen LogP contribution in [0.4, 0.5) is 4.39 Å². The Hall–Kier alpha value is -1.29. The smallest absolute Gasteiger partial charge is 0.166 e. The molecule has 0 aliphatic carbocycles. The van der Waals surface area contributed by atoms with E-state index in [2.05, 4.69) is 5.32 Å². The highest BCUT2D eigenvalue weighted by atomic mass is 19.1. The largest absolute Gasteiger partial charge is 0.493 e. The highest BCUT2D eigenvalue weighted by Crippen LogP contribution is 2.43. The van der Waals surface area contributed by atoms with E-state index in [4.69, 9.17) is 9.47 Å². The topological polar surface area (TPSA) is 30.5 Å². The van der Waals surface area contributed by atoms with Crippen molar-refractivity contribution in [3.8, 4) is 11.5 Å². The van der Waals surface area contributed by atoms with Crippen molar-refractivity contribution in [1.29, 1.82) is 0 Å². The summed E-state index contributed by atoms with van der Waals surface area (Å²) in [6.07, 6.45) is 2.15. The van der Waals surface area contributed by atoms with Crippen LogP contribution in [0.25, 0.3) is 0 Å². The molecule has 1 fully saturated rings. The number of rotatable bonds is 3. The molecule has 1 unspecified atom stereocenters. The molecular formula is C15H22FNO2. The maximum absolute atomic E-state index is 14.4. The minimum Gasteiger partial charge on any atom is -0.493 e. The third kappa shape index (κ3) is 2.41. The van der Waals surface area contributed by atoms with Crippen LogP contribution >= 0.6 is 0 Å². The molecule has 1 heterocycles. The number of hydrogen-bond donors (Lipinski definition) is 1. The predicted molar refractivity (Wildman–Crippen MR) is 73.8 cm³/mol. The fourth-order valence-corrected chi connectivity index (χ4v) is 3.00. The minimum atomic E-state index is -0.182. The molecule has 1 N–H and O–H groups in total. The van der Waals surface area contributed by atoms with E-state index in [0.29, 0.717) is 22.6 Å². The van der Waals surface area contributed by atoms with Crippen LogP contribution in [0, 0.1) is 19.7 Å². The molecule has 106 valence electrons. The van der Waals surface area contributed by atoms with E-state index in [9.17, 15) is 4.39 Å². The van der Waals surface area contributed by atoms with Crippen molar-refractivity contribution < 1.29 is 13.9 Å². The zero-order valence-electron chi connectivity index (χ0n) is 12.1. The first-order valence-electron chi connectivity index (χ1n) is 6.73. The monoisotopic (exact) mass is 267 g/mol. The number of ether oxygens (including phenoxy) is 2. The maximum atomic E-state index is 14.4. The molecule has 0 saturated carbocycles. The summed E-state index contributed by atoms with van der Waals surface area (Å²) in [5.74, 6) is 1.31. The van der Waals surface area contributed by atoms with Crippen LogP contribution < -0.4 is 14.8 Å². The number of piperidine rings is 1. The van der Waals surface area contributed by atoms with Gasteiger partial charge in [-0.05, 0) is 38.8 Å². The van der Waals surface area contributed by atoms with Crippen LogP contribution in [0.5, 0.6) is 11.5 Å². The first kappa shape index (κ1) is 14.1. The molecule has 4 heteroatoms. The summed E-state index contributed by atoms with van der Waals surface area (Å²) in [5, 5.41) is 3.36. The summed E-state index contributed by atoms with van der Waals surface area (Å²) in [7, 11) is 3.18. The summed E-state index contributed by atoms with van der Waals surface area (Å²) < 4.78 is 25.2. The first-order valence-corrected chi connectivity index (χ1v) is 6.73. The van der Waals surface area contributed by atoms with E-state index in [1.165, 1.54) is 0 Å². The van der Waals surface area contributed by atoms with E-state index in [0.717, 1.165) is 31.5 Å². The van der Waals surface area contributed by atoms with E-state index in [1.807, 2.05) is 6.92 Å². The van der Waals surface area contributed by atoms with E-state index in [1.54, 1.807) is 21.1 Å². The molecule has 1 aromatic rings. The molecule has 1 aliphatic rings. The van der Waals surface area contributed by atoms with Crippen LogP contribution in [0.2, 0.25) is 0 Å². The lowest BCUT2D eigenvalue weighted by atomic mass is 9.86. The van der Waals surface area contributed by atoms with Crippen LogP contribution in [0.3, 0.4) is 0 Å². The summed E-state index contributed by atoms with van der Waals surface area (Å²) >= 11 is 0. The predicted octanol–water partition coefficient (Wildman–Crippen LogP) is 2.93. The minimum absolute atomic E-state index is 0.182. The number of hydrogen-bond acceptors (Lipinski definition) is 3. The van der Waals surface area contributed by atoms with Crippen LogP contribution in [0.1, 0.15) is 35.4 Å². The lowest BCUT2D eigenvalue weighted by Gasteiger charge is -2.28. The number of benzene rings is 1. The second-order valence-corrected chi connectivity index (χ2v) is 5.09. The summed E-state index contributed by atoms with van der Waals surface area (Å²) in [4.78, 5) is 0. The number of methoxy groups -OCH3 is 2. The van der Waals surface area contributed by atoms with Gasteiger partial charge < -0.3 is 14.8 Å².